The van der Waals surface area contributed by atoms with Crippen molar-refractivity contribution in [3.05, 3.63) is 29.3 Å². The summed E-state index contributed by atoms with van der Waals surface area (Å²) in [6.07, 6.45) is 4.85. The summed E-state index contributed by atoms with van der Waals surface area (Å²) in [5, 5.41) is 10.4. The second kappa shape index (κ2) is 6.18. The Hall–Kier alpha value is -1.11. The van der Waals surface area contributed by atoms with Gasteiger partial charge in [0.25, 0.3) is 0 Å². The van der Waals surface area contributed by atoms with Crippen LogP contribution in [0.4, 0.5) is 5.69 Å². The fraction of sp³-hybridized carbons (Fsp3) is 0.625. The number of β-amino-alcohol motifs (C(OH)–C–C–N with tert-alkyl or cyclic N) is 1. The van der Waals surface area contributed by atoms with E-state index in [0.29, 0.717) is 13.1 Å². The Labute approximate surface area is 132 Å². The monoisotopic (exact) mass is 324 g/mol. The smallest absolute Gasteiger partial charge is 0.232 e. The van der Waals surface area contributed by atoms with Crippen LogP contribution in [-0.2, 0) is 16.4 Å². The Bertz CT molecular complexity index is 639. The molecule has 0 spiro atoms. The zero-order valence-corrected chi connectivity index (χ0v) is 13.8. The number of likely N-dealkylation sites (tertiary alicyclic amines) is 1. The molecule has 0 radical (unpaired) electrons. The summed E-state index contributed by atoms with van der Waals surface area (Å²) in [7, 11) is -3.23. The molecular weight excluding hydrogens is 300 g/mol. The summed E-state index contributed by atoms with van der Waals surface area (Å²) in [6, 6.07) is 5.69. The van der Waals surface area contributed by atoms with Crippen molar-refractivity contribution in [2.45, 2.75) is 31.8 Å². The van der Waals surface area contributed by atoms with Crippen LogP contribution in [0.2, 0.25) is 0 Å². The van der Waals surface area contributed by atoms with Crippen molar-refractivity contribution in [2.24, 2.45) is 0 Å². The first-order valence-corrected chi connectivity index (χ1v) is 9.81. The molecule has 1 N–H and O–H groups in total. The highest BCUT2D eigenvalue weighted by Crippen LogP contribution is 2.31. The van der Waals surface area contributed by atoms with E-state index in [1.807, 2.05) is 18.2 Å². The standard InChI is InChI=1S/C16H24N2O3S/c1-22(20,21)18-10-4-5-13-11-14(6-7-15(13)18)16(19)12-17-8-2-3-9-17/h6-7,11,16,19H,2-5,8-10,12H2,1H3. The summed E-state index contributed by atoms with van der Waals surface area (Å²) in [5.74, 6) is 0. The van der Waals surface area contributed by atoms with Crippen LogP contribution in [0, 0.1) is 0 Å². The number of fused-ring (bicyclic) bond motifs is 1. The van der Waals surface area contributed by atoms with Gasteiger partial charge in [0.2, 0.25) is 10.0 Å². The van der Waals surface area contributed by atoms with E-state index >= 15 is 0 Å². The summed E-state index contributed by atoms with van der Waals surface area (Å²) in [5.41, 5.74) is 2.68. The Balaban J connectivity index is 1.81. The molecule has 1 aromatic rings. The van der Waals surface area contributed by atoms with Gasteiger partial charge in [0.15, 0.2) is 0 Å². The van der Waals surface area contributed by atoms with E-state index in [-0.39, 0.29) is 0 Å². The van der Waals surface area contributed by atoms with Crippen LogP contribution in [-0.4, -0.2) is 50.9 Å². The average molecular weight is 324 g/mol. The van der Waals surface area contributed by atoms with Gasteiger partial charge in [-0.3, -0.25) is 4.31 Å². The Morgan fingerprint density at radius 2 is 1.91 bits per heavy atom. The highest BCUT2D eigenvalue weighted by atomic mass is 32.2. The minimum Gasteiger partial charge on any atom is -0.387 e. The molecule has 1 atom stereocenters. The van der Waals surface area contributed by atoms with Crippen LogP contribution in [0.3, 0.4) is 0 Å². The second-order valence-corrected chi connectivity index (χ2v) is 8.26. The van der Waals surface area contributed by atoms with E-state index in [1.165, 1.54) is 23.4 Å². The molecule has 6 heteroatoms. The first kappa shape index (κ1) is 15.8. The SMILES string of the molecule is CS(=O)(=O)N1CCCc2cc(C(O)CN3CCCC3)ccc21. The van der Waals surface area contributed by atoms with Crippen LogP contribution in [0.25, 0.3) is 0 Å². The lowest BCUT2D eigenvalue weighted by Crippen LogP contribution is -2.34. The van der Waals surface area contributed by atoms with Crippen LogP contribution < -0.4 is 4.31 Å². The largest absolute Gasteiger partial charge is 0.387 e. The molecule has 1 saturated heterocycles. The van der Waals surface area contributed by atoms with E-state index < -0.39 is 16.1 Å². The number of aliphatic hydroxyl groups excluding tert-OH is 1. The molecule has 22 heavy (non-hydrogen) atoms. The minimum atomic E-state index is -3.23. The number of sulfonamides is 1. The van der Waals surface area contributed by atoms with Crippen molar-refractivity contribution in [3.8, 4) is 0 Å². The lowest BCUT2D eigenvalue weighted by atomic mass is 9.98. The maximum absolute atomic E-state index is 11.9. The Morgan fingerprint density at radius 1 is 1.18 bits per heavy atom. The maximum atomic E-state index is 11.9. The Kier molecular flexibility index (Phi) is 4.43. The van der Waals surface area contributed by atoms with Gasteiger partial charge in [-0.2, -0.15) is 0 Å². The molecule has 1 aromatic carbocycles. The van der Waals surface area contributed by atoms with Crippen molar-refractivity contribution < 1.29 is 13.5 Å². The lowest BCUT2D eigenvalue weighted by Gasteiger charge is -2.30. The molecule has 122 valence electrons. The van der Waals surface area contributed by atoms with Gasteiger partial charge < -0.3 is 10.0 Å². The molecule has 0 bridgehead atoms. The molecule has 3 rings (SSSR count). The molecule has 0 aromatic heterocycles. The van der Waals surface area contributed by atoms with E-state index in [1.54, 1.807) is 0 Å². The zero-order valence-electron chi connectivity index (χ0n) is 13.0. The second-order valence-electron chi connectivity index (χ2n) is 6.35. The van der Waals surface area contributed by atoms with Crippen LogP contribution in [0.1, 0.15) is 36.5 Å². The van der Waals surface area contributed by atoms with Crippen molar-refractivity contribution in [1.29, 1.82) is 0 Å². The van der Waals surface area contributed by atoms with Crippen molar-refractivity contribution in [3.63, 3.8) is 0 Å². The van der Waals surface area contributed by atoms with E-state index in [9.17, 15) is 13.5 Å². The fourth-order valence-electron chi connectivity index (χ4n) is 3.45. The molecule has 2 aliphatic rings. The number of rotatable bonds is 4. The number of aliphatic hydroxyl groups is 1. The van der Waals surface area contributed by atoms with Crippen LogP contribution in [0.15, 0.2) is 18.2 Å². The van der Waals surface area contributed by atoms with Gasteiger partial charge in [0.1, 0.15) is 0 Å². The lowest BCUT2D eigenvalue weighted by molar-refractivity contribution is 0.126. The fourth-order valence-corrected chi connectivity index (χ4v) is 4.45. The number of nitrogens with zero attached hydrogens (tertiary/aromatic N) is 2. The molecule has 0 saturated carbocycles. The highest BCUT2D eigenvalue weighted by molar-refractivity contribution is 7.92. The highest BCUT2D eigenvalue weighted by Gasteiger charge is 2.25. The first-order chi connectivity index (χ1) is 10.4. The van der Waals surface area contributed by atoms with Crippen LogP contribution in [0.5, 0.6) is 0 Å². The summed E-state index contributed by atoms with van der Waals surface area (Å²) < 4.78 is 25.2. The summed E-state index contributed by atoms with van der Waals surface area (Å²) in [6.45, 7) is 3.32. The Morgan fingerprint density at radius 3 is 2.59 bits per heavy atom. The van der Waals surface area contributed by atoms with Gasteiger partial charge in [-0.15, -0.1) is 0 Å². The third-order valence-corrected chi connectivity index (χ3v) is 5.77. The molecule has 2 aliphatic heterocycles. The number of anilines is 1. The normalized spacial score (nSPS) is 20.9. The van der Waals surface area contributed by atoms with Gasteiger partial charge in [-0.05, 0) is 56.0 Å². The molecule has 0 amide bonds. The minimum absolute atomic E-state index is 0.503. The number of hydrogen-bond acceptors (Lipinski definition) is 4. The molecule has 1 fully saturated rings. The molecule has 0 aliphatic carbocycles. The number of benzene rings is 1. The van der Waals surface area contributed by atoms with Crippen LogP contribution >= 0.6 is 0 Å². The topological polar surface area (TPSA) is 60.9 Å². The van der Waals surface area contributed by atoms with Gasteiger partial charge >= 0.3 is 0 Å². The van der Waals surface area contributed by atoms with Crippen molar-refractivity contribution >= 4 is 15.7 Å². The van der Waals surface area contributed by atoms with Crippen molar-refractivity contribution in [1.82, 2.24) is 4.90 Å². The predicted octanol–water partition coefficient (Wildman–Crippen LogP) is 1.53. The molecule has 1 unspecified atom stereocenters. The molecular formula is C16H24N2O3S. The van der Waals surface area contributed by atoms with Gasteiger partial charge in [-0.1, -0.05) is 12.1 Å². The molecule has 5 nitrogen and oxygen atoms in total. The van der Waals surface area contributed by atoms with Gasteiger partial charge in [0, 0.05) is 13.1 Å². The molecule has 2 heterocycles. The number of aryl methyl sites for hydroxylation is 1. The quantitative estimate of drug-likeness (QED) is 0.912. The maximum Gasteiger partial charge on any atom is 0.232 e. The first-order valence-electron chi connectivity index (χ1n) is 7.96. The summed E-state index contributed by atoms with van der Waals surface area (Å²) >= 11 is 0. The predicted molar refractivity (Wildman–Crippen MR) is 87.6 cm³/mol. The van der Waals surface area contributed by atoms with Gasteiger partial charge in [-0.25, -0.2) is 8.42 Å². The van der Waals surface area contributed by atoms with E-state index in [4.69, 9.17) is 0 Å². The number of hydrogen-bond donors (Lipinski definition) is 1. The van der Waals surface area contributed by atoms with E-state index in [0.717, 1.165) is 42.7 Å². The van der Waals surface area contributed by atoms with Crippen molar-refractivity contribution in [2.75, 3.05) is 36.7 Å². The third kappa shape index (κ3) is 3.29. The zero-order chi connectivity index (χ0) is 15.7. The third-order valence-electron chi connectivity index (χ3n) is 4.59. The summed E-state index contributed by atoms with van der Waals surface area (Å²) in [4.78, 5) is 2.28. The average Bonchev–Trinajstić information content (AvgIpc) is 2.98. The van der Waals surface area contributed by atoms with Gasteiger partial charge in [0.05, 0.1) is 18.0 Å². The van der Waals surface area contributed by atoms with E-state index in [2.05, 4.69) is 4.90 Å².